The first-order valence-corrected chi connectivity index (χ1v) is 11.1. The number of hydrogen-bond acceptors (Lipinski definition) is 7. The lowest BCUT2D eigenvalue weighted by atomic mass is 9.92. The van der Waals surface area contributed by atoms with Crippen molar-refractivity contribution in [2.75, 3.05) is 26.7 Å². The van der Waals surface area contributed by atoms with Crippen molar-refractivity contribution in [3.8, 4) is 17.0 Å². The third-order valence-corrected chi connectivity index (χ3v) is 6.19. The van der Waals surface area contributed by atoms with E-state index in [-0.39, 0.29) is 12.3 Å². The van der Waals surface area contributed by atoms with Crippen LogP contribution in [0, 0.1) is 5.82 Å². The van der Waals surface area contributed by atoms with E-state index in [1.54, 1.807) is 17.9 Å². The van der Waals surface area contributed by atoms with Crippen LogP contribution in [0.2, 0.25) is 0 Å². The molecule has 1 aliphatic heterocycles. The quantitative estimate of drug-likeness (QED) is 0.455. The Kier molecular flexibility index (Phi) is 6.97. The number of rotatable bonds is 4. The summed E-state index contributed by atoms with van der Waals surface area (Å²) in [5, 5.41) is 20.6. The zero-order chi connectivity index (χ0) is 24.2. The van der Waals surface area contributed by atoms with Crippen molar-refractivity contribution >= 4 is 28.4 Å². The molecule has 1 fully saturated rings. The number of fused-ring (bicyclic) bond motifs is 2. The first kappa shape index (κ1) is 23.5. The minimum atomic E-state index is -0.318. The average molecular weight is 467 g/mol. The van der Waals surface area contributed by atoms with E-state index in [0.717, 1.165) is 38.2 Å². The first-order valence-electron chi connectivity index (χ1n) is 11.1. The molecule has 1 N–H and O–H groups in total. The van der Waals surface area contributed by atoms with Crippen molar-refractivity contribution in [3.63, 3.8) is 0 Å². The van der Waals surface area contributed by atoms with Crippen LogP contribution in [0.5, 0.6) is 5.75 Å². The first-order chi connectivity index (χ1) is 16.5. The van der Waals surface area contributed by atoms with Crippen molar-refractivity contribution in [1.29, 1.82) is 0 Å². The van der Waals surface area contributed by atoms with E-state index < -0.39 is 0 Å². The number of likely N-dealkylation sites (tertiary alicyclic amines) is 1. The number of carboxylic acid groups (broad SMARTS) is 1. The summed E-state index contributed by atoms with van der Waals surface area (Å²) in [5.41, 5.74) is 4.01. The standard InChI is InChI=1S/C23H25FN6O.CH2O2/c1-4-30-7-5-14(6-8-30)19-11-16-17(24)9-15(10-20(16)27-26-19)18-12-22(31-3)23-21(25-18)13-29(2)28-23;2-1-3/h9-14H,4-8H2,1-3H3;1H,(H,2,3). The Bertz CT molecular complexity index is 1320. The highest BCUT2D eigenvalue weighted by atomic mass is 19.1. The number of aryl methyl sites for hydroxylation is 1. The van der Waals surface area contributed by atoms with Gasteiger partial charge < -0.3 is 14.7 Å². The molecular formula is C24H27FN6O3. The number of aromatic nitrogens is 5. The summed E-state index contributed by atoms with van der Waals surface area (Å²) in [6.45, 7) is 5.09. The van der Waals surface area contributed by atoms with Gasteiger partial charge in [-0.25, -0.2) is 9.37 Å². The molecule has 4 heterocycles. The number of ether oxygens (including phenoxy) is 1. The van der Waals surface area contributed by atoms with Crippen molar-refractivity contribution in [2.24, 2.45) is 7.05 Å². The minimum absolute atomic E-state index is 0.250. The molecule has 178 valence electrons. The summed E-state index contributed by atoms with van der Waals surface area (Å²) in [4.78, 5) is 15.4. The molecule has 1 saturated heterocycles. The Morgan fingerprint density at radius 1 is 1.18 bits per heavy atom. The lowest BCUT2D eigenvalue weighted by molar-refractivity contribution is -0.122. The fraction of sp³-hybridized carbons (Fsp3) is 0.375. The summed E-state index contributed by atoms with van der Waals surface area (Å²) in [6.07, 6.45) is 3.87. The van der Waals surface area contributed by atoms with E-state index in [0.29, 0.717) is 44.9 Å². The molecule has 1 aliphatic rings. The van der Waals surface area contributed by atoms with Crippen LogP contribution in [0.1, 0.15) is 31.4 Å². The molecule has 5 rings (SSSR count). The molecule has 34 heavy (non-hydrogen) atoms. The summed E-state index contributed by atoms with van der Waals surface area (Å²) >= 11 is 0. The lowest BCUT2D eigenvalue weighted by Gasteiger charge is -2.30. The van der Waals surface area contributed by atoms with Crippen LogP contribution < -0.4 is 4.74 Å². The second-order valence-electron chi connectivity index (χ2n) is 8.22. The number of methoxy groups -OCH3 is 1. The molecule has 0 aliphatic carbocycles. The molecule has 0 saturated carbocycles. The summed E-state index contributed by atoms with van der Waals surface area (Å²) in [5.74, 6) is 0.611. The lowest BCUT2D eigenvalue weighted by Crippen LogP contribution is -2.32. The molecule has 0 radical (unpaired) electrons. The second kappa shape index (κ2) is 10.1. The van der Waals surface area contributed by atoms with Crippen LogP contribution in [-0.4, -0.2) is 68.2 Å². The smallest absolute Gasteiger partial charge is 0.290 e. The van der Waals surface area contributed by atoms with E-state index in [4.69, 9.17) is 14.6 Å². The van der Waals surface area contributed by atoms with Gasteiger partial charge in [-0.2, -0.15) is 15.3 Å². The number of benzene rings is 1. The van der Waals surface area contributed by atoms with E-state index in [2.05, 4.69) is 32.1 Å². The fourth-order valence-corrected chi connectivity index (χ4v) is 4.40. The van der Waals surface area contributed by atoms with E-state index >= 15 is 4.39 Å². The summed E-state index contributed by atoms with van der Waals surface area (Å²) in [6, 6.07) is 6.99. The molecule has 4 aromatic rings. The van der Waals surface area contributed by atoms with Gasteiger partial charge in [-0.1, -0.05) is 6.92 Å². The predicted molar refractivity (Wildman–Crippen MR) is 126 cm³/mol. The van der Waals surface area contributed by atoms with Gasteiger partial charge in [0.2, 0.25) is 0 Å². The fourth-order valence-electron chi connectivity index (χ4n) is 4.40. The van der Waals surface area contributed by atoms with Gasteiger partial charge in [-0.15, -0.1) is 0 Å². The van der Waals surface area contributed by atoms with Gasteiger partial charge in [0.1, 0.15) is 11.3 Å². The topological polar surface area (TPSA) is 106 Å². The normalized spacial score (nSPS) is 14.7. The highest BCUT2D eigenvalue weighted by molar-refractivity contribution is 5.88. The van der Waals surface area contributed by atoms with Crippen LogP contribution in [0.25, 0.3) is 33.2 Å². The zero-order valence-corrected chi connectivity index (χ0v) is 19.4. The maximum atomic E-state index is 15.1. The van der Waals surface area contributed by atoms with Crippen molar-refractivity contribution < 1.29 is 19.0 Å². The van der Waals surface area contributed by atoms with Crippen LogP contribution >= 0.6 is 0 Å². The molecule has 1 aromatic carbocycles. The van der Waals surface area contributed by atoms with Crippen molar-refractivity contribution in [2.45, 2.75) is 25.7 Å². The molecular weight excluding hydrogens is 439 g/mol. The maximum Gasteiger partial charge on any atom is 0.290 e. The molecule has 9 nitrogen and oxygen atoms in total. The molecule has 10 heteroatoms. The number of piperidine rings is 1. The largest absolute Gasteiger partial charge is 0.494 e. The molecule has 0 unspecified atom stereocenters. The maximum absolute atomic E-state index is 15.1. The summed E-state index contributed by atoms with van der Waals surface area (Å²) in [7, 11) is 3.42. The highest BCUT2D eigenvalue weighted by Gasteiger charge is 2.22. The number of carbonyl (C=O) groups is 1. The van der Waals surface area contributed by atoms with Crippen LogP contribution in [0.3, 0.4) is 0 Å². The number of halogens is 1. The van der Waals surface area contributed by atoms with Gasteiger partial charge in [-0.05, 0) is 50.7 Å². The van der Waals surface area contributed by atoms with Gasteiger partial charge >= 0.3 is 0 Å². The SMILES string of the molecule is CCN1CCC(c2cc3c(F)cc(-c4cc(OC)c5nn(C)cc5n4)cc3nn2)CC1.O=CO. The van der Waals surface area contributed by atoms with E-state index in [1.807, 2.05) is 25.4 Å². The van der Waals surface area contributed by atoms with Gasteiger partial charge in [0.05, 0.1) is 30.2 Å². The highest BCUT2D eigenvalue weighted by Crippen LogP contribution is 2.33. The Morgan fingerprint density at radius 3 is 2.59 bits per heavy atom. The van der Waals surface area contributed by atoms with Crippen LogP contribution in [0.15, 0.2) is 30.5 Å². The number of pyridine rings is 1. The van der Waals surface area contributed by atoms with Gasteiger partial charge in [0, 0.05) is 30.0 Å². The van der Waals surface area contributed by atoms with Gasteiger partial charge in [0.25, 0.3) is 6.47 Å². The van der Waals surface area contributed by atoms with Crippen LogP contribution in [-0.2, 0) is 11.8 Å². The monoisotopic (exact) mass is 466 g/mol. The predicted octanol–water partition coefficient (Wildman–Crippen LogP) is 3.63. The Balaban J connectivity index is 0.000000868. The molecule has 0 amide bonds. The minimum Gasteiger partial charge on any atom is -0.494 e. The van der Waals surface area contributed by atoms with Crippen LogP contribution in [0.4, 0.5) is 4.39 Å². The number of hydrogen-bond donors (Lipinski definition) is 1. The zero-order valence-electron chi connectivity index (χ0n) is 19.4. The Hall–Kier alpha value is -3.66. The van der Waals surface area contributed by atoms with Crippen molar-refractivity contribution in [3.05, 3.63) is 42.0 Å². The molecule has 0 atom stereocenters. The molecule has 3 aromatic heterocycles. The third kappa shape index (κ3) is 4.67. The van der Waals surface area contributed by atoms with E-state index in [9.17, 15) is 0 Å². The summed E-state index contributed by atoms with van der Waals surface area (Å²) < 4.78 is 22.3. The van der Waals surface area contributed by atoms with Gasteiger partial charge in [0.15, 0.2) is 11.3 Å². The number of nitrogens with zero attached hydrogens (tertiary/aromatic N) is 6. The average Bonchev–Trinajstić information content (AvgIpc) is 3.24. The molecule has 0 spiro atoms. The second-order valence-corrected chi connectivity index (χ2v) is 8.22. The van der Waals surface area contributed by atoms with Crippen molar-refractivity contribution in [1.82, 2.24) is 29.9 Å². The van der Waals surface area contributed by atoms with Gasteiger partial charge in [-0.3, -0.25) is 9.48 Å². The molecule has 0 bridgehead atoms. The Morgan fingerprint density at radius 2 is 1.91 bits per heavy atom. The third-order valence-electron chi connectivity index (χ3n) is 6.19. The van der Waals surface area contributed by atoms with E-state index in [1.165, 1.54) is 6.07 Å². The Labute approximate surface area is 196 Å².